The van der Waals surface area contributed by atoms with E-state index in [0.29, 0.717) is 12.0 Å². The van der Waals surface area contributed by atoms with E-state index >= 15 is 0 Å². The monoisotopic (exact) mass is 229 g/mol. The van der Waals surface area contributed by atoms with E-state index in [1.165, 1.54) is 0 Å². The number of rotatable bonds is 7. The maximum Gasteiger partial charge on any atom is 0.0613 e. The van der Waals surface area contributed by atoms with Crippen LogP contribution in [-0.4, -0.2) is 36.5 Å². The van der Waals surface area contributed by atoms with Crippen molar-refractivity contribution < 1.29 is 9.84 Å². The highest BCUT2D eigenvalue weighted by Crippen LogP contribution is 2.23. The first-order chi connectivity index (χ1) is 7.71. The molecule has 0 aromatic rings. The number of nitrogens with one attached hydrogen (secondary N) is 1. The fourth-order valence-electron chi connectivity index (χ4n) is 2.54. The zero-order valence-corrected chi connectivity index (χ0v) is 11.0. The normalized spacial score (nSPS) is 23.6. The number of hydrogen-bond donors (Lipinski definition) is 2. The lowest BCUT2D eigenvalue weighted by molar-refractivity contribution is 0.115. The second-order valence-electron chi connectivity index (χ2n) is 4.93. The van der Waals surface area contributed by atoms with E-state index < -0.39 is 0 Å². The molecule has 3 nitrogen and oxygen atoms in total. The summed E-state index contributed by atoms with van der Waals surface area (Å²) in [5.41, 5.74) is -0.0940. The molecule has 0 spiro atoms. The van der Waals surface area contributed by atoms with E-state index in [4.69, 9.17) is 4.74 Å². The smallest absolute Gasteiger partial charge is 0.0613 e. The van der Waals surface area contributed by atoms with Crippen molar-refractivity contribution >= 4 is 0 Å². The summed E-state index contributed by atoms with van der Waals surface area (Å²) in [6, 6.07) is 0.481. The fourth-order valence-corrected chi connectivity index (χ4v) is 2.54. The summed E-state index contributed by atoms with van der Waals surface area (Å²) in [7, 11) is 0. The second-order valence-corrected chi connectivity index (χ2v) is 4.93. The van der Waals surface area contributed by atoms with Crippen molar-refractivity contribution in [3.8, 4) is 0 Å². The first-order valence-corrected chi connectivity index (χ1v) is 6.67. The van der Waals surface area contributed by atoms with Gasteiger partial charge in [-0.2, -0.15) is 0 Å². The largest absolute Gasteiger partial charge is 0.394 e. The highest BCUT2D eigenvalue weighted by Gasteiger charge is 2.32. The molecule has 0 aromatic carbocycles. The Labute approximate surface area is 99.6 Å². The summed E-state index contributed by atoms with van der Waals surface area (Å²) in [4.78, 5) is 0. The Morgan fingerprint density at radius 2 is 2.06 bits per heavy atom. The molecule has 2 atom stereocenters. The van der Waals surface area contributed by atoms with Gasteiger partial charge in [0, 0.05) is 18.2 Å². The molecule has 2 N–H and O–H groups in total. The minimum absolute atomic E-state index is 0.0940. The van der Waals surface area contributed by atoms with Crippen molar-refractivity contribution in [3.05, 3.63) is 0 Å². The van der Waals surface area contributed by atoms with Gasteiger partial charge in [0.15, 0.2) is 0 Å². The zero-order valence-electron chi connectivity index (χ0n) is 11.0. The second kappa shape index (κ2) is 6.58. The van der Waals surface area contributed by atoms with Crippen molar-refractivity contribution in [2.75, 3.05) is 19.8 Å². The van der Waals surface area contributed by atoms with Crippen molar-refractivity contribution in [1.82, 2.24) is 5.32 Å². The zero-order chi connectivity index (χ0) is 12.0. The van der Waals surface area contributed by atoms with Crippen LogP contribution in [0.4, 0.5) is 0 Å². The predicted molar refractivity (Wildman–Crippen MR) is 66.5 cm³/mol. The van der Waals surface area contributed by atoms with E-state index in [-0.39, 0.29) is 12.1 Å². The molecule has 0 aromatic heterocycles. The quantitative estimate of drug-likeness (QED) is 0.701. The van der Waals surface area contributed by atoms with E-state index in [2.05, 4.69) is 26.1 Å². The van der Waals surface area contributed by atoms with Crippen molar-refractivity contribution in [1.29, 1.82) is 0 Å². The van der Waals surface area contributed by atoms with Crippen LogP contribution in [0.1, 0.15) is 46.5 Å². The third-order valence-corrected chi connectivity index (χ3v) is 4.12. The summed E-state index contributed by atoms with van der Waals surface area (Å²) in [5.74, 6) is 0.619. The minimum atomic E-state index is -0.0940. The SMILES string of the molecule is CCC(NC(CC)(CC)CO)C1CCOC1. The lowest BCUT2D eigenvalue weighted by Crippen LogP contribution is -2.54. The van der Waals surface area contributed by atoms with Gasteiger partial charge in [-0.3, -0.25) is 0 Å². The Hall–Kier alpha value is -0.120. The predicted octanol–water partition coefficient (Wildman–Crippen LogP) is 1.94. The van der Waals surface area contributed by atoms with Gasteiger partial charge in [-0.05, 0) is 31.6 Å². The van der Waals surface area contributed by atoms with E-state index in [0.717, 1.165) is 38.9 Å². The van der Waals surface area contributed by atoms with Gasteiger partial charge in [-0.1, -0.05) is 20.8 Å². The first kappa shape index (κ1) is 13.9. The van der Waals surface area contributed by atoms with Gasteiger partial charge in [0.2, 0.25) is 0 Å². The Kier molecular flexibility index (Phi) is 5.73. The van der Waals surface area contributed by atoms with Gasteiger partial charge in [0.1, 0.15) is 0 Å². The van der Waals surface area contributed by atoms with Crippen LogP contribution in [0.25, 0.3) is 0 Å². The van der Waals surface area contributed by atoms with E-state index in [1.54, 1.807) is 0 Å². The molecule has 0 aliphatic carbocycles. The van der Waals surface area contributed by atoms with Gasteiger partial charge in [0.05, 0.1) is 13.2 Å². The average Bonchev–Trinajstić information content (AvgIpc) is 2.85. The third-order valence-electron chi connectivity index (χ3n) is 4.12. The lowest BCUT2D eigenvalue weighted by Gasteiger charge is -2.37. The Bertz CT molecular complexity index is 178. The Morgan fingerprint density at radius 3 is 2.44 bits per heavy atom. The van der Waals surface area contributed by atoms with Crippen LogP contribution < -0.4 is 5.32 Å². The maximum atomic E-state index is 9.57. The van der Waals surface area contributed by atoms with Gasteiger partial charge in [-0.25, -0.2) is 0 Å². The Morgan fingerprint density at radius 1 is 1.38 bits per heavy atom. The summed E-state index contributed by atoms with van der Waals surface area (Å²) < 4.78 is 5.45. The standard InChI is InChI=1S/C13H27NO2/c1-4-12(11-7-8-16-9-11)14-13(5-2,6-3)10-15/h11-12,14-15H,4-10H2,1-3H3. The Balaban J connectivity index is 2.58. The molecule has 1 heterocycles. The summed E-state index contributed by atoms with van der Waals surface area (Å²) in [5, 5.41) is 13.2. The highest BCUT2D eigenvalue weighted by molar-refractivity contribution is 4.91. The molecule has 1 rings (SSSR count). The highest BCUT2D eigenvalue weighted by atomic mass is 16.5. The minimum Gasteiger partial charge on any atom is -0.394 e. The number of aliphatic hydroxyl groups is 1. The van der Waals surface area contributed by atoms with Gasteiger partial charge >= 0.3 is 0 Å². The first-order valence-electron chi connectivity index (χ1n) is 6.67. The maximum absolute atomic E-state index is 9.57. The number of aliphatic hydroxyl groups excluding tert-OH is 1. The van der Waals surface area contributed by atoms with Gasteiger partial charge < -0.3 is 15.2 Å². The number of ether oxygens (including phenoxy) is 1. The fraction of sp³-hybridized carbons (Fsp3) is 1.00. The lowest BCUT2D eigenvalue weighted by atomic mass is 9.88. The molecule has 0 amide bonds. The molecular weight excluding hydrogens is 202 g/mol. The van der Waals surface area contributed by atoms with Gasteiger partial charge in [-0.15, -0.1) is 0 Å². The molecule has 0 saturated carbocycles. The average molecular weight is 229 g/mol. The van der Waals surface area contributed by atoms with Crippen LogP contribution in [0.5, 0.6) is 0 Å². The molecule has 1 aliphatic heterocycles. The summed E-state index contributed by atoms with van der Waals surface area (Å²) >= 11 is 0. The van der Waals surface area contributed by atoms with Crippen molar-refractivity contribution in [2.24, 2.45) is 5.92 Å². The molecule has 16 heavy (non-hydrogen) atoms. The molecule has 1 saturated heterocycles. The molecule has 0 bridgehead atoms. The van der Waals surface area contributed by atoms with Crippen LogP contribution in [0.2, 0.25) is 0 Å². The molecule has 1 fully saturated rings. The molecule has 0 radical (unpaired) electrons. The van der Waals surface area contributed by atoms with E-state index in [9.17, 15) is 5.11 Å². The topological polar surface area (TPSA) is 41.5 Å². The van der Waals surface area contributed by atoms with Crippen LogP contribution in [0, 0.1) is 5.92 Å². The van der Waals surface area contributed by atoms with Crippen LogP contribution in [0.3, 0.4) is 0 Å². The molecular formula is C13H27NO2. The molecule has 96 valence electrons. The van der Waals surface area contributed by atoms with E-state index in [1.807, 2.05) is 0 Å². The van der Waals surface area contributed by atoms with Crippen LogP contribution in [-0.2, 0) is 4.74 Å². The third kappa shape index (κ3) is 3.19. The van der Waals surface area contributed by atoms with Crippen LogP contribution >= 0.6 is 0 Å². The number of hydrogen-bond acceptors (Lipinski definition) is 3. The summed E-state index contributed by atoms with van der Waals surface area (Å²) in [6.07, 6.45) is 4.21. The van der Waals surface area contributed by atoms with Gasteiger partial charge in [0.25, 0.3) is 0 Å². The molecule has 1 aliphatic rings. The summed E-state index contributed by atoms with van der Waals surface area (Å²) in [6.45, 7) is 8.50. The molecule has 3 heteroatoms. The van der Waals surface area contributed by atoms with Crippen molar-refractivity contribution in [2.45, 2.75) is 58.0 Å². The van der Waals surface area contributed by atoms with Crippen molar-refractivity contribution in [3.63, 3.8) is 0 Å². The van der Waals surface area contributed by atoms with Crippen LogP contribution in [0.15, 0.2) is 0 Å². The molecule has 2 unspecified atom stereocenters.